The minimum absolute atomic E-state index is 0.984. The maximum absolute atomic E-state index is 3.51. The van der Waals surface area contributed by atoms with Crippen LogP contribution < -0.4 is 0 Å². The summed E-state index contributed by atoms with van der Waals surface area (Å²) in [5, 5.41) is 0. The molecule has 0 saturated heterocycles. The Balaban J connectivity index is 2.07. The van der Waals surface area contributed by atoms with Gasteiger partial charge in [-0.1, -0.05) is 59.3 Å². The fourth-order valence-corrected chi connectivity index (χ4v) is 2.87. The highest BCUT2D eigenvalue weighted by atomic mass is 79.9. The van der Waals surface area contributed by atoms with Crippen LogP contribution in [-0.2, 0) is 19.5 Å². The van der Waals surface area contributed by atoms with E-state index in [9.17, 15) is 0 Å². The largest absolute Gasteiger partial charge is 0.308 e. The van der Waals surface area contributed by atoms with Gasteiger partial charge in [0.2, 0.25) is 0 Å². The Morgan fingerprint density at radius 1 is 0.826 bits per heavy atom. The van der Waals surface area contributed by atoms with Crippen molar-refractivity contribution in [1.29, 1.82) is 0 Å². The smallest absolute Gasteiger partial charge is 0.0237 e. The maximum atomic E-state index is 3.51. The fraction of sp³-hybridized carbons (Fsp3) is 0.400. The Bertz CT molecular complexity index is 593. The summed E-state index contributed by atoms with van der Waals surface area (Å²) in [5.41, 5.74) is 4.18. The first-order valence-corrected chi connectivity index (χ1v) is 9.05. The number of rotatable bonds is 8. The first kappa shape index (κ1) is 18.2. The minimum atomic E-state index is 0.984. The maximum Gasteiger partial charge on any atom is 0.0237 e. The average molecular weight is 375 g/mol. The second-order valence-electron chi connectivity index (χ2n) is 6.31. The Morgan fingerprint density at radius 2 is 1.48 bits per heavy atom. The monoisotopic (exact) mass is 374 g/mol. The van der Waals surface area contributed by atoms with Crippen LogP contribution in [-0.4, -0.2) is 37.0 Å². The van der Waals surface area contributed by atoms with E-state index in [2.05, 4.69) is 95.3 Å². The molecule has 0 fully saturated rings. The first-order valence-electron chi connectivity index (χ1n) is 8.26. The predicted molar refractivity (Wildman–Crippen MR) is 103 cm³/mol. The van der Waals surface area contributed by atoms with Crippen molar-refractivity contribution in [2.45, 2.75) is 26.4 Å². The molecule has 0 aromatic heterocycles. The van der Waals surface area contributed by atoms with Gasteiger partial charge in [0, 0.05) is 30.7 Å². The normalized spacial score (nSPS) is 11.4. The van der Waals surface area contributed by atoms with Crippen molar-refractivity contribution in [3.63, 3.8) is 0 Å². The molecule has 0 heterocycles. The third-order valence-electron chi connectivity index (χ3n) is 3.99. The number of hydrogen-bond donors (Lipinski definition) is 0. The molecule has 0 saturated carbocycles. The van der Waals surface area contributed by atoms with Gasteiger partial charge in [0.05, 0.1) is 0 Å². The summed E-state index contributed by atoms with van der Waals surface area (Å²) in [6.45, 7) is 6.34. The van der Waals surface area contributed by atoms with Gasteiger partial charge in [-0.2, -0.15) is 0 Å². The summed E-state index contributed by atoms with van der Waals surface area (Å²) in [4.78, 5) is 4.77. The summed E-state index contributed by atoms with van der Waals surface area (Å²) >= 11 is 3.51. The molecule has 0 unspecified atom stereocenters. The second kappa shape index (κ2) is 9.21. The first-order chi connectivity index (χ1) is 11.1. The minimum Gasteiger partial charge on any atom is -0.308 e. The summed E-state index contributed by atoms with van der Waals surface area (Å²) in [6, 6.07) is 17.6. The van der Waals surface area contributed by atoms with Gasteiger partial charge in [0.15, 0.2) is 0 Å². The molecule has 3 heteroatoms. The molecule has 0 aliphatic rings. The second-order valence-corrected chi connectivity index (χ2v) is 7.23. The van der Waals surface area contributed by atoms with Crippen LogP contribution in [0.1, 0.15) is 23.6 Å². The molecule has 23 heavy (non-hydrogen) atoms. The molecule has 2 aromatic carbocycles. The molecule has 2 rings (SSSR count). The van der Waals surface area contributed by atoms with Crippen LogP contribution in [0.2, 0.25) is 0 Å². The quantitative estimate of drug-likeness (QED) is 0.667. The van der Waals surface area contributed by atoms with Crippen LogP contribution in [0.4, 0.5) is 0 Å². The van der Waals surface area contributed by atoms with E-state index in [4.69, 9.17) is 0 Å². The van der Waals surface area contributed by atoms with E-state index >= 15 is 0 Å². The lowest BCUT2D eigenvalue weighted by atomic mass is 10.1. The number of benzene rings is 2. The van der Waals surface area contributed by atoms with Gasteiger partial charge < -0.3 is 4.90 Å². The number of likely N-dealkylation sites (N-methyl/N-ethyl adjacent to an activating group) is 1. The van der Waals surface area contributed by atoms with Crippen LogP contribution in [0.5, 0.6) is 0 Å². The highest BCUT2D eigenvalue weighted by Gasteiger charge is 2.08. The molecule has 0 amide bonds. The molecule has 0 N–H and O–H groups in total. The van der Waals surface area contributed by atoms with Crippen molar-refractivity contribution in [2.75, 3.05) is 27.2 Å². The van der Waals surface area contributed by atoms with E-state index in [1.165, 1.54) is 16.7 Å². The van der Waals surface area contributed by atoms with Crippen LogP contribution in [0.15, 0.2) is 53.0 Å². The van der Waals surface area contributed by atoms with E-state index in [1.54, 1.807) is 0 Å². The molecule has 0 spiro atoms. The van der Waals surface area contributed by atoms with Crippen molar-refractivity contribution in [1.82, 2.24) is 9.80 Å². The van der Waals surface area contributed by atoms with Gasteiger partial charge in [-0.05, 0) is 49.3 Å². The van der Waals surface area contributed by atoms with Gasteiger partial charge in [-0.25, -0.2) is 0 Å². The number of hydrogen-bond acceptors (Lipinski definition) is 2. The predicted octanol–water partition coefficient (Wildman–Crippen LogP) is 4.58. The molecular weight excluding hydrogens is 348 g/mol. The lowest BCUT2D eigenvalue weighted by molar-refractivity contribution is 0.226. The van der Waals surface area contributed by atoms with E-state index in [0.29, 0.717) is 0 Å². The molecule has 2 nitrogen and oxygen atoms in total. The molecule has 124 valence electrons. The zero-order valence-electron chi connectivity index (χ0n) is 14.4. The average Bonchev–Trinajstić information content (AvgIpc) is 2.55. The van der Waals surface area contributed by atoms with Crippen LogP contribution in [0.3, 0.4) is 0 Å². The van der Waals surface area contributed by atoms with Gasteiger partial charge >= 0.3 is 0 Å². The van der Waals surface area contributed by atoms with Gasteiger partial charge in [0.25, 0.3) is 0 Å². The third-order valence-corrected chi connectivity index (χ3v) is 4.52. The molecule has 0 aliphatic carbocycles. The summed E-state index contributed by atoms with van der Waals surface area (Å²) < 4.78 is 1.14. The van der Waals surface area contributed by atoms with E-state index < -0.39 is 0 Å². The van der Waals surface area contributed by atoms with Crippen LogP contribution in [0, 0.1) is 0 Å². The van der Waals surface area contributed by atoms with E-state index in [0.717, 1.165) is 37.1 Å². The topological polar surface area (TPSA) is 6.48 Å². The van der Waals surface area contributed by atoms with Crippen molar-refractivity contribution < 1.29 is 0 Å². The number of halogens is 1. The summed E-state index contributed by atoms with van der Waals surface area (Å²) in [7, 11) is 4.27. The molecule has 0 bridgehead atoms. The number of aryl methyl sites for hydroxylation is 1. The SMILES string of the molecule is CCc1cccc(CN(CCN(C)C)Cc2ccc(Br)cc2)c1. The lowest BCUT2D eigenvalue weighted by Crippen LogP contribution is -2.31. The lowest BCUT2D eigenvalue weighted by Gasteiger charge is -2.24. The molecular formula is C20H27BrN2. The van der Waals surface area contributed by atoms with E-state index in [-0.39, 0.29) is 0 Å². The highest BCUT2D eigenvalue weighted by molar-refractivity contribution is 9.10. The third kappa shape index (κ3) is 6.46. The number of nitrogens with zero attached hydrogens (tertiary/aromatic N) is 2. The Morgan fingerprint density at radius 3 is 2.13 bits per heavy atom. The molecule has 0 atom stereocenters. The summed E-state index contributed by atoms with van der Waals surface area (Å²) in [5.74, 6) is 0. The molecule has 2 aromatic rings. The van der Waals surface area contributed by atoms with Crippen molar-refractivity contribution >= 4 is 15.9 Å². The van der Waals surface area contributed by atoms with Crippen LogP contribution >= 0.6 is 15.9 Å². The zero-order chi connectivity index (χ0) is 16.7. The van der Waals surface area contributed by atoms with Gasteiger partial charge in [0.1, 0.15) is 0 Å². The standard InChI is InChI=1S/C20H27BrN2/c1-4-17-6-5-7-19(14-17)16-23(13-12-22(2)3)15-18-8-10-20(21)11-9-18/h5-11,14H,4,12-13,15-16H2,1-3H3. The highest BCUT2D eigenvalue weighted by Crippen LogP contribution is 2.15. The molecule has 0 aliphatic heterocycles. The van der Waals surface area contributed by atoms with Gasteiger partial charge in [-0.3, -0.25) is 4.90 Å². The fourth-order valence-electron chi connectivity index (χ4n) is 2.61. The molecule has 0 radical (unpaired) electrons. The van der Waals surface area contributed by atoms with Gasteiger partial charge in [-0.15, -0.1) is 0 Å². The Labute approximate surface area is 149 Å². The van der Waals surface area contributed by atoms with Crippen molar-refractivity contribution in [3.8, 4) is 0 Å². The van der Waals surface area contributed by atoms with E-state index in [1.807, 2.05) is 0 Å². The van der Waals surface area contributed by atoms with Crippen LogP contribution in [0.25, 0.3) is 0 Å². The van der Waals surface area contributed by atoms with Crippen molar-refractivity contribution in [2.24, 2.45) is 0 Å². The zero-order valence-corrected chi connectivity index (χ0v) is 16.0. The summed E-state index contributed by atoms with van der Waals surface area (Å²) in [6.07, 6.45) is 1.10. The van der Waals surface area contributed by atoms with Crippen molar-refractivity contribution in [3.05, 3.63) is 69.7 Å². The Hall–Kier alpha value is -1.16. The Kier molecular flexibility index (Phi) is 7.28.